The number of carbonyl (C=O) groups excluding carboxylic acids is 1. The van der Waals surface area contributed by atoms with E-state index in [2.05, 4.69) is 11.4 Å². The van der Waals surface area contributed by atoms with Gasteiger partial charge in [-0.3, -0.25) is 0 Å². The van der Waals surface area contributed by atoms with Crippen LogP contribution in [0.3, 0.4) is 0 Å². The van der Waals surface area contributed by atoms with Gasteiger partial charge in [0.2, 0.25) is 5.09 Å². The number of furan rings is 1. The first kappa shape index (κ1) is 18.8. The van der Waals surface area contributed by atoms with E-state index >= 15 is 0 Å². The molecule has 28 heavy (non-hydrogen) atoms. The zero-order valence-corrected chi connectivity index (χ0v) is 16.5. The molecule has 2 aliphatic rings. The summed E-state index contributed by atoms with van der Waals surface area (Å²) >= 11 is 0. The second-order valence-corrected chi connectivity index (χ2v) is 9.30. The normalized spacial score (nSPS) is 15.4. The maximum atomic E-state index is 12.5. The Morgan fingerprint density at radius 1 is 1.21 bits per heavy atom. The molecule has 8 heteroatoms. The molecular formula is C20H22N2O5S. The van der Waals surface area contributed by atoms with E-state index < -0.39 is 26.7 Å². The Morgan fingerprint density at radius 2 is 2.00 bits per heavy atom. The molecule has 2 aromatic rings. The van der Waals surface area contributed by atoms with Crippen LogP contribution < -0.4 is 10.0 Å². The number of nitrogens with one attached hydrogen (secondary N) is 2. The highest BCUT2D eigenvalue weighted by Gasteiger charge is 2.28. The standard InChI is InChI=1S/C20H22N2O5S/c1-20(2,24)14-10-17(27-11-14)28(25,26)22-19(23)21-18-15-7-3-5-12(15)9-13-6-4-8-16(13)18/h3,5,9-11,24H,4,6-8H2,1-2H3,(H2,21,22,23). The molecule has 1 aromatic carbocycles. The van der Waals surface area contributed by atoms with Crippen LogP contribution in [0.15, 0.2) is 34.0 Å². The summed E-state index contributed by atoms with van der Waals surface area (Å²) in [6.45, 7) is 3.03. The minimum absolute atomic E-state index is 0.304. The Bertz CT molecular complexity index is 1090. The van der Waals surface area contributed by atoms with E-state index in [-0.39, 0.29) is 0 Å². The molecule has 0 aliphatic heterocycles. The number of urea groups is 1. The summed E-state index contributed by atoms with van der Waals surface area (Å²) in [6.07, 6.45) is 8.75. The lowest BCUT2D eigenvalue weighted by Crippen LogP contribution is -2.34. The van der Waals surface area contributed by atoms with Crippen LogP contribution in [0, 0.1) is 0 Å². The summed E-state index contributed by atoms with van der Waals surface area (Å²) in [5.41, 5.74) is 4.12. The van der Waals surface area contributed by atoms with Crippen molar-refractivity contribution in [1.82, 2.24) is 4.72 Å². The number of aliphatic hydroxyl groups is 1. The van der Waals surface area contributed by atoms with Crippen molar-refractivity contribution in [3.05, 3.63) is 52.3 Å². The number of amides is 2. The summed E-state index contributed by atoms with van der Waals surface area (Å²) in [6, 6.07) is 2.52. The van der Waals surface area contributed by atoms with Gasteiger partial charge in [-0.15, -0.1) is 0 Å². The van der Waals surface area contributed by atoms with Gasteiger partial charge in [-0.2, -0.15) is 8.42 Å². The molecule has 3 N–H and O–H groups in total. The summed E-state index contributed by atoms with van der Waals surface area (Å²) in [7, 11) is -4.20. The van der Waals surface area contributed by atoms with E-state index in [0.717, 1.165) is 42.2 Å². The Balaban J connectivity index is 1.57. The molecule has 0 fully saturated rings. The Kier molecular flexibility index (Phi) is 4.35. The minimum Gasteiger partial charge on any atom is -0.451 e. The van der Waals surface area contributed by atoms with Crippen LogP contribution in [0.4, 0.5) is 10.5 Å². The summed E-state index contributed by atoms with van der Waals surface area (Å²) in [5.74, 6) is 0. The molecule has 2 aliphatic carbocycles. The number of hydrogen-bond donors (Lipinski definition) is 3. The first-order valence-electron chi connectivity index (χ1n) is 9.14. The number of fused-ring (bicyclic) bond motifs is 2. The predicted octanol–water partition coefficient (Wildman–Crippen LogP) is 3.08. The molecule has 0 bridgehead atoms. The molecule has 148 valence electrons. The van der Waals surface area contributed by atoms with Gasteiger partial charge in [0, 0.05) is 17.3 Å². The number of benzene rings is 1. The molecule has 0 atom stereocenters. The molecule has 0 unspecified atom stereocenters. The molecule has 7 nitrogen and oxygen atoms in total. The van der Waals surface area contributed by atoms with E-state index in [9.17, 15) is 18.3 Å². The number of sulfonamides is 1. The molecule has 0 saturated carbocycles. The summed E-state index contributed by atoms with van der Waals surface area (Å²) in [4.78, 5) is 12.5. The predicted molar refractivity (Wildman–Crippen MR) is 104 cm³/mol. The van der Waals surface area contributed by atoms with Crippen molar-refractivity contribution >= 4 is 27.8 Å². The number of aryl methyl sites for hydroxylation is 1. The number of allylic oxidation sites excluding steroid dienone is 1. The van der Waals surface area contributed by atoms with E-state index in [4.69, 9.17) is 4.42 Å². The molecule has 4 rings (SSSR count). The van der Waals surface area contributed by atoms with Crippen molar-refractivity contribution in [2.45, 2.75) is 50.2 Å². The molecule has 1 aromatic heterocycles. The van der Waals surface area contributed by atoms with E-state index in [1.807, 2.05) is 16.9 Å². The third-order valence-corrected chi connectivity index (χ3v) is 6.37. The first-order valence-corrected chi connectivity index (χ1v) is 10.6. The van der Waals surface area contributed by atoms with Gasteiger partial charge in [0.15, 0.2) is 0 Å². The molecule has 0 saturated heterocycles. The fraction of sp³-hybridized carbons (Fsp3) is 0.350. The minimum atomic E-state index is -4.20. The van der Waals surface area contributed by atoms with Crippen LogP contribution >= 0.6 is 0 Å². The molecule has 2 amide bonds. The number of carbonyl (C=O) groups is 1. The number of hydrogen-bond acceptors (Lipinski definition) is 5. The van der Waals surface area contributed by atoms with Crippen molar-refractivity contribution in [1.29, 1.82) is 0 Å². The first-order chi connectivity index (χ1) is 13.1. The van der Waals surface area contributed by atoms with Gasteiger partial charge < -0.3 is 14.8 Å². The Hall–Kier alpha value is -2.58. The smallest absolute Gasteiger partial charge is 0.333 e. The highest BCUT2D eigenvalue weighted by atomic mass is 32.2. The Morgan fingerprint density at radius 3 is 2.71 bits per heavy atom. The quantitative estimate of drug-likeness (QED) is 0.728. The van der Waals surface area contributed by atoms with Crippen molar-refractivity contribution in [2.75, 3.05) is 5.32 Å². The highest BCUT2D eigenvalue weighted by Crippen LogP contribution is 2.37. The van der Waals surface area contributed by atoms with Gasteiger partial charge >= 0.3 is 6.03 Å². The number of rotatable bonds is 4. The van der Waals surface area contributed by atoms with Crippen LogP contribution in [0.1, 0.15) is 48.1 Å². The average Bonchev–Trinajstić information content (AvgIpc) is 3.33. The van der Waals surface area contributed by atoms with Gasteiger partial charge in [0.1, 0.15) is 0 Å². The van der Waals surface area contributed by atoms with Crippen molar-refractivity contribution in [3.63, 3.8) is 0 Å². The van der Waals surface area contributed by atoms with Gasteiger partial charge in [-0.1, -0.05) is 18.2 Å². The lowest BCUT2D eigenvalue weighted by atomic mass is 9.98. The van der Waals surface area contributed by atoms with Crippen LogP contribution in [0.25, 0.3) is 6.08 Å². The average molecular weight is 402 g/mol. The summed E-state index contributed by atoms with van der Waals surface area (Å²) in [5, 5.41) is 12.3. The molecular weight excluding hydrogens is 380 g/mol. The van der Waals surface area contributed by atoms with E-state index in [1.165, 1.54) is 25.5 Å². The second kappa shape index (κ2) is 6.49. The van der Waals surface area contributed by atoms with Gasteiger partial charge in [-0.05, 0) is 61.8 Å². The second-order valence-electron chi connectivity index (χ2n) is 7.69. The summed E-state index contributed by atoms with van der Waals surface area (Å²) < 4.78 is 32.0. The zero-order chi connectivity index (χ0) is 20.1. The van der Waals surface area contributed by atoms with Crippen molar-refractivity contribution < 1.29 is 22.7 Å². The third kappa shape index (κ3) is 3.33. The Labute approximate surface area is 163 Å². The molecule has 0 spiro atoms. The van der Waals surface area contributed by atoms with E-state index in [1.54, 1.807) is 0 Å². The topological polar surface area (TPSA) is 109 Å². The number of anilines is 1. The lowest BCUT2D eigenvalue weighted by molar-refractivity contribution is 0.0779. The van der Waals surface area contributed by atoms with Crippen LogP contribution in [-0.2, 0) is 34.9 Å². The van der Waals surface area contributed by atoms with E-state index in [0.29, 0.717) is 17.7 Å². The maximum Gasteiger partial charge on any atom is 0.333 e. The lowest BCUT2D eigenvalue weighted by Gasteiger charge is -2.16. The fourth-order valence-corrected chi connectivity index (χ4v) is 4.58. The fourth-order valence-electron chi connectivity index (χ4n) is 3.73. The molecule has 1 heterocycles. The zero-order valence-electron chi connectivity index (χ0n) is 15.7. The van der Waals surface area contributed by atoms with Crippen molar-refractivity contribution in [2.24, 2.45) is 0 Å². The van der Waals surface area contributed by atoms with Gasteiger partial charge in [-0.25, -0.2) is 9.52 Å². The van der Waals surface area contributed by atoms with Gasteiger partial charge in [0.25, 0.3) is 10.0 Å². The van der Waals surface area contributed by atoms with Crippen molar-refractivity contribution in [3.8, 4) is 0 Å². The molecule has 0 radical (unpaired) electrons. The monoisotopic (exact) mass is 402 g/mol. The van der Waals surface area contributed by atoms with Crippen LogP contribution in [-0.4, -0.2) is 19.6 Å². The largest absolute Gasteiger partial charge is 0.451 e. The van der Waals surface area contributed by atoms with Crippen LogP contribution in [0.2, 0.25) is 0 Å². The van der Waals surface area contributed by atoms with Gasteiger partial charge in [0.05, 0.1) is 11.9 Å². The SMILES string of the molecule is CC(C)(O)c1coc(S(=O)(=O)NC(=O)Nc2c3c(cc4c2CCC4)C=CC3)c1. The maximum absolute atomic E-state index is 12.5. The highest BCUT2D eigenvalue weighted by molar-refractivity contribution is 7.89. The third-order valence-electron chi connectivity index (χ3n) is 5.17. The van der Waals surface area contributed by atoms with Crippen LogP contribution in [0.5, 0.6) is 0 Å².